The number of nitrogens with zero attached hydrogens (tertiary/aromatic N) is 4. The zero-order chi connectivity index (χ0) is 37.0. The van der Waals surface area contributed by atoms with Crippen LogP contribution in [0.1, 0.15) is 5.69 Å². The van der Waals surface area contributed by atoms with Gasteiger partial charge < -0.3 is 14.5 Å². The fourth-order valence-electron chi connectivity index (χ4n) is 8.30. The normalized spacial score (nSPS) is 12.3. The molecule has 1 aliphatic rings. The van der Waals surface area contributed by atoms with Crippen LogP contribution in [0.2, 0.25) is 0 Å². The molecule has 1 aliphatic heterocycles. The fraction of sp³-hybridized carbons (Fsp3) is 0.0196. The molecule has 5 nitrogen and oxygen atoms in total. The van der Waals surface area contributed by atoms with Crippen LogP contribution >= 0.6 is 0 Å². The van der Waals surface area contributed by atoms with E-state index < -0.39 is 0 Å². The Morgan fingerprint density at radius 3 is 1.62 bits per heavy atom. The third-order valence-corrected chi connectivity index (χ3v) is 10.9. The van der Waals surface area contributed by atoms with Gasteiger partial charge in [-0.05, 0) is 77.9 Å². The molecule has 3 aromatic heterocycles. The van der Waals surface area contributed by atoms with Crippen LogP contribution in [0.3, 0.4) is 0 Å². The summed E-state index contributed by atoms with van der Waals surface area (Å²) in [6.07, 6.45) is 4.43. The van der Waals surface area contributed by atoms with Gasteiger partial charge in [-0.2, -0.15) is 0 Å². The Morgan fingerprint density at radius 2 is 0.946 bits per heavy atom. The Kier molecular flexibility index (Phi) is 7.49. The van der Waals surface area contributed by atoms with Gasteiger partial charge in [-0.15, -0.1) is 0 Å². The fourth-order valence-corrected chi connectivity index (χ4v) is 8.30. The molecule has 0 aliphatic carbocycles. The minimum atomic E-state index is 0.698. The summed E-state index contributed by atoms with van der Waals surface area (Å²) in [5.74, 6) is 0.698. The minimum absolute atomic E-state index is 0.698. The topological polar surface area (TPSA) is 47.7 Å². The average Bonchev–Trinajstić information content (AvgIpc) is 3.79. The Balaban J connectivity index is 1.04. The highest BCUT2D eigenvalue weighted by atomic mass is 15.0. The summed E-state index contributed by atoms with van der Waals surface area (Å²) in [5, 5.41) is 7.31. The van der Waals surface area contributed by atoms with E-state index in [-0.39, 0.29) is 0 Å². The molecule has 0 atom stereocenters. The molecule has 0 saturated carbocycles. The highest BCUT2D eigenvalue weighted by molar-refractivity contribution is 6.10. The van der Waals surface area contributed by atoms with Gasteiger partial charge in [0.2, 0.25) is 0 Å². The van der Waals surface area contributed by atoms with E-state index in [0.717, 1.165) is 51.5 Å². The van der Waals surface area contributed by atoms with Crippen LogP contribution < -0.4 is 5.32 Å². The summed E-state index contributed by atoms with van der Waals surface area (Å²) >= 11 is 0. The van der Waals surface area contributed by atoms with Gasteiger partial charge in [0.05, 0.1) is 39.3 Å². The molecule has 7 aromatic carbocycles. The van der Waals surface area contributed by atoms with Crippen molar-refractivity contribution in [3.8, 4) is 56.4 Å². The van der Waals surface area contributed by atoms with Crippen LogP contribution in [0.15, 0.2) is 188 Å². The van der Waals surface area contributed by atoms with Crippen LogP contribution in [0.25, 0.3) is 95.2 Å². The summed E-state index contributed by atoms with van der Waals surface area (Å²) in [7, 11) is 0. The lowest BCUT2D eigenvalue weighted by atomic mass is 10.0. The summed E-state index contributed by atoms with van der Waals surface area (Å²) in [4.78, 5) is 10.2. The van der Waals surface area contributed by atoms with Gasteiger partial charge in [-0.1, -0.05) is 127 Å². The molecule has 0 unspecified atom stereocenters. The largest absolute Gasteiger partial charge is 0.379 e. The number of fused-ring (bicyclic) bond motifs is 6. The van der Waals surface area contributed by atoms with Gasteiger partial charge in [-0.25, -0.2) is 9.97 Å². The maximum Gasteiger partial charge on any atom is 0.160 e. The molecule has 5 heteroatoms. The molecule has 0 radical (unpaired) electrons. The maximum atomic E-state index is 5.08. The maximum absolute atomic E-state index is 5.08. The van der Waals surface area contributed by atoms with E-state index in [1.807, 2.05) is 36.4 Å². The summed E-state index contributed by atoms with van der Waals surface area (Å²) < 4.78 is 4.75. The van der Waals surface area contributed by atoms with Crippen LogP contribution in [0, 0.1) is 0 Å². The molecule has 1 N–H and O–H groups in total. The third-order valence-electron chi connectivity index (χ3n) is 10.9. The van der Waals surface area contributed by atoms with Crippen LogP contribution in [-0.4, -0.2) is 25.6 Å². The van der Waals surface area contributed by atoms with Gasteiger partial charge in [0.15, 0.2) is 5.82 Å². The number of aromatic nitrogens is 4. The summed E-state index contributed by atoms with van der Waals surface area (Å²) in [5.41, 5.74) is 15.3. The van der Waals surface area contributed by atoms with Crippen LogP contribution in [-0.2, 0) is 0 Å². The molecule has 4 heterocycles. The second-order valence-corrected chi connectivity index (χ2v) is 14.3. The van der Waals surface area contributed by atoms with Gasteiger partial charge in [-0.3, -0.25) is 0 Å². The van der Waals surface area contributed by atoms with E-state index in [9.17, 15) is 0 Å². The minimum Gasteiger partial charge on any atom is -0.379 e. The monoisotopic (exact) mass is 717 g/mol. The van der Waals surface area contributed by atoms with Crippen molar-refractivity contribution in [1.82, 2.24) is 19.1 Å². The van der Waals surface area contributed by atoms with Gasteiger partial charge >= 0.3 is 0 Å². The van der Waals surface area contributed by atoms with E-state index in [1.165, 1.54) is 49.7 Å². The zero-order valence-electron chi connectivity index (χ0n) is 30.5. The third kappa shape index (κ3) is 5.32. The number of rotatable bonds is 6. The first-order chi connectivity index (χ1) is 27.8. The molecule has 0 amide bonds. The lowest BCUT2D eigenvalue weighted by molar-refractivity contribution is 1.10. The number of hydrogen-bond acceptors (Lipinski definition) is 3. The Labute approximate surface area is 324 Å². The number of hydrogen-bond donors (Lipinski definition) is 1. The molecular formula is C51H35N5. The quantitative estimate of drug-likeness (QED) is 0.186. The Bertz CT molecular complexity index is 3050. The van der Waals surface area contributed by atoms with Crippen molar-refractivity contribution in [2.75, 3.05) is 11.9 Å². The lowest BCUT2D eigenvalue weighted by Gasteiger charge is -2.13. The molecule has 56 heavy (non-hydrogen) atoms. The van der Waals surface area contributed by atoms with Crippen LogP contribution in [0.4, 0.5) is 5.69 Å². The Morgan fingerprint density at radius 1 is 0.411 bits per heavy atom. The van der Waals surface area contributed by atoms with E-state index in [4.69, 9.17) is 9.97 Å². The molecule has 10 aromatic rings. The number of para-hydroxylation sites is 2. The van der Waals surface area contributed by atoms with Gasteiger partial charge in [0.1, 0.15) is 0 Å². The first kappa shape index (κ1) is 32.0. The van der Waals surface area contributed by atoms with Crippen molar-refractivity contribution in [1.29, 1.82) is 0 Å². The smallest absolute Gasteiger partial charge is 0.160 e. The van der Waals surface area contributed by atoms with Crippen molar-refractivity contribution >= 4 is 44.5 Å². The molecular weight excluding hydrogens is 683 g/mol. The molecule has 11 rings (SSSR count). The highest BCUT2D eigenvalue weighted by Gasteiger charge is 2.20. The standard InChI is InChI=1S/C51H35N5/c1-4-13-34(14-5-1)44-33-45(35-15-6-2-7-16-35)54-51(53-44)36-22-26-40(27-23-36)55-46-20-11-10-19-41(46)42-28-24-37(31-48(42)55)38-25-29-43-49(32-38)56(39-17-8-3-9-18-39)47-21-12-30-52-50(43)47/h1-29,31-33,52H,30H2. The van der Waals surface area contributed by atoms with Crippen molar-refractivity contribution in [2.45, 2.75) is 0 Å². The van der Waals surface area contributed by atoms with Gasteiger partial charge in [0.25, 0.3) is 0 Å². The van der Waals surface area contributed by atoms with E-state index in [2.05, 4.69) is 172 Å². The molecule has 0 saturated heterocycles. The van der Waals surface area contributed by atoms with Crippen LogP contribution in [0.5, 0.6) is 0 Å². The lowest BCUT2D eigenvalue weighted by Crippen LogP contribution is -2.05. The van der Waals surface area contributed by atoms with E-state index >= 15 is 0 Å². The first-order valence-corrected chi connectivity index (χ1v) is 19.1. The molecule has 0 fully saturated rings. The van der Waals surface area contributed by atoms with E-state index in [1.54, 1.807) is 0 Å². The van der Waals surface area contributed by atoms with Crippen molar-refractivity contribution in [3.05, 3.63) is 194 Å². The average molecular weight is 718 g/mol. The van der Waals surface area contributed by atoms with E-state index in [0.29, 0.717) is 5.82 Å². The second-order valence-electron chi connectivity index (χ2n) is 14.3. The zero-order valence-corrected chi connectivity index (χ0v) is 30.5. The van der Waals surface area contributed by atoms with Crippen molar-refractivity contribution in [3.63, 3.8) is 0 Å². The van der Waals surface area contributed by atoms with Crippen molar-refractivity contribution < 1.29 is 0 Å². The molecule has 264 valence electrons. The number of anilines is 1. The van der Waals surface area contributed by atoms with Gasteiger partial charge in [0, 0.05) is 50.8 Å². The number of benzene rings is 7. The Hall–Kier alpha value is -7.50. The first-order valence-electron chi connectivity index (χ1n) is 19.1. The second kappa shape index (κ2) is 13.1. The predicted molar refractivity (Wildman–Crippen MR) is 232 cm³/mol. The summed E-state index contributed by atoms with van der Waals surface area (Å²) in [6, 6.07) is 64.5. The highest BCUT2D eigenvalue weighted by Crippen LogP contribution is 2.40. The summed E-state index contributed by atoms with van der Waals surface area (Å²) in [6.45, 7) is 0.826. The molecule has 0 spiro atoms. The predicted octanol–water partition coefficient (Wildman–Crippen LogP) is 12.6. The molecule has 0 bridgehead atoms. The number of nitrogens with one attached hydrogen (secondary N) is 1. The van der Waals surface area contributed by atoms with Crippen molar-refractivity contribution in [2.24, 2.45) is 0 Å². The SMILES string of the molecule is C1=Cc2c(c3ccc(-c4ccc5c6ccccc6n(-c6ccc(-c7nc(-c8ccccc8)cc(-c8ccccc8)n7)cc6)c5c4)cc3n2-c2ccccc2)NC1.